The number of anilines is 1. The molecule has 2 rings (SSSR count). The normalized spacial score (nSPS) is 23.5. The molecule has 1 saturated heterocycles. The molecule has 19 heavy (non-hydrogen) atoms. The molecule has 3 heteroatoms. The lowest BCUT2D eigenvalue weighted by molar-refractivity contribution is 0.101. The van der Waals surface area contributed by atoms with Crippen LogP contribution in [0.4, 0.5) is 10.1 Å². The number of carbonyl (C=O) groups is 1. The number of piperidine rings is 1. The first-order chi connectivity index (χ1) is 9.02. The lowest BCUT2D eigenvalue weighted by atomic mass is 9.90. The van der Waals surface area contributed by atoms with E-state index >= 15 is 0 Å². The third kappa shape index (κ3) is 2.96. The molecule has 104 valence electrons. The molecule has 0 radical (unpaired) electrons. The molecule has 2 nitrogen and oxygen atoms in total. The predicted molar refractivity (Wildman–Crippen MR) is 76.2 cm³/mol. The molecule has 0 aromatic heterocycles. The zero-order chi connectivity index (χ0) is 14.0. The summed E-state index contributed by atoms with van der Waals surface area (Å²) in [6, 6.07) is 4.97. The van der Waals surface area contributed by atoms with Gasteiger partial charge in [0.25, 0.3) is 0 Å². The molecule has 2 unspecified atom stereocenters. The van der Waals surface area contributed by atoms with Crippen LogP contribution in [0.5, 0.6) is 0 Å². The van der Waals surface area contributed by atoms with Gasteiger partial charge in [0.15, 0.2) is 5.78 Å². The number of Topliss-reactive ketones (excluding diaryl/α,β-unsaturated/α-hetero) is 1. The number of benzene rings is 1. The number of hydrogen-bond donors (Lipinski definition) is 0. The van der Waals surface area contributed by atoms with Crippen LogP contribution in [0, 0.1) is 11.7 Å². The highest BCUT2D eigenvalue weighted by molar-refractivity contribution is 5.99. The highest BCUT2D eigenvalue weighted by Gasteiger charge is 2.26. The standard InChI is InChI=1S/C16H22FNO/c1-4-13-6-5-11(2)18(10-13)16-8-7-14(17)9-15(16)12(3)19/h7-9,11,13H,4-6,10H2,1-3H3. The summed E-state index contributed by atoms with van der Waals surface area (Å²) < 4.78 is 13.3. The summed E-state index contributed by atoms with van der Waals surface area (Å²) in [5, 5.41) is 0. The van der Waals surface area contributed by atoms with Gasteiger partial charge in [0.2, 0.25) is 0 Å². The summed E-state index contributed by atoms with van der Waals surface area (Å²) in [7, 11) is 0. The number of rotatable bonds is 3. The molecule has 1 aromatic carbocycles. The van der Waals surface area contributed by atoms with Crippen molar-refractivity contribution in [1.29, 1.82) is 0 Å². The van der Waals surface area contributed by atoms with Gasteiger partial charge in [-0.3, -0.25) is 4.79 Å². The van der Waals surface area contributed by atoms with Crippen LogP contribution in [0.1, 0.15) is 50.4 Å². The van der Waals surface area contributed by atoms with Crippen LogP contribution in [-0.2, 0) is 0 Å². The Bertz CT molecular complexity index is 472. The highest BCUT2D eigenvalue weighted by atomic mass is 19.1. The highest BCUT2D eigenvalue weighted by Crippen LogP contribution is 2.31. The number of ketones is 1. The fourth-order valence-corrected chi connectivity index (χ4v) is 2.89. The first-order valence-electron chi connectivity index (χ1n) is 7.10. The first kappa shape index (κ1) is 14.0. The van der Waals surface area contributed by atoms with Crippen molar-refractivity contribution in [1.82, 2.24) is 0 Å². The van der Waals surface area contributed by atoms with Gasteiger partial charge in [-0.1, -0.05) is 13.3 Å². The van der Waals surface area contributed by atoms with Crippen LogP contribution < -0.4 is 4.90 Å². The minimum absolute atomic E-state index is 0.0691. The molecule has 0 amide bonds. The van der Waals surface area contributed by atoms with Crippen molar-refractivity contribution in [3.05, 3.63) is 29.6 Å². The molecule has 0 bridgehead atoms. The minimum Gasteiger partial charge on any atom is -0.368 e. The maximum atomic E-state index is 13.3. The lowest BCUT2D eigenvalue weighted by Gasteiger charge is -2.40. The molecule has 0 N–H and O–H groups in total. The Morgan fingerprint density at radius 3 is 2.79 bits per heavy atom. The van der Waals surface area contributed by atoms with E-state index in [0.29, 0.717) is 17.5 Å². The SMILES string of the molecule is CCC1CCC(C)N(c2ccc(F)cc2C(C)=O)C1. The monoisotopic (exact) mass is 263 g/mol. The van der Waals surface area contributed by atoms with Gasteiger partial charge in [-0.05, 0) is 50.8 Å². The van der Waals surface area contributed by atoms with E-state index in [1.807, 2.05) is 0 Å². The smallest absolute Gasteiger partial charge is 0.161 e. The van der Waals surface area contributed by atoms with E-state index in [1.54, 1.807) is 6.07 Å². The Morgan fingerprint density at radius 1 is 1.42 bits per heavy atom. The van der Waals surface area contributed by atoms with Crippen LogP contribution in [0.15, 0.2) is 18.2 Å². The van der Waals surface area contributed by atoms with Gasteiger partial charge in [0.05, 0.1) is 0 Å². The van der Waals surface area contributed by atoms with Crippen molar-refractivity contribution in [3.8, 4) is 0 Å². The molecular formula is C16H22FNO. The predicted octanol–water partition coefficient (Wildman–Crippen LogP) is 4.04. The zero-order valence-electron chi connectivity index (χ0n) is 11.9. The average molecular weight is 263 g/mol. The number of carbonyl (C=O) groups excluding carboxylic acids is 1. The number of nitrogens with zero attached hydrogens (tertiary/aromatic N) is 1. The van der Waals surface area contributed by atoms with Crippen molar-refractivity contribution in [2.24, 2.45) is 5.92 Å². The second-order valence-electron chi connectivity index (χ2n) is 5.57. The molecule has 1 aliphatic rings. The van der Waals surface area contributed by atoms with E-state index in [0.717, 1.165) is 25.1 Å². The van der Waals surface area contributed by atoms with Crippen molar-refractivity contribution in [3.63, 3.8) is 0 Å². The van der Waals surface area contributed by atoms with Gasteiger partial charge in [-0.15, -0.1) is 0 Å². The molecule has 2 atom stereocenters. The quantitative estimate of drug-likeness (QED) is 0.767. The molecule has 0 aliphatic carbocycles. The van der Waals surface area contributed by atoms with Gasteiger partial charge in [0, 0.05) is 23.8 Å². The summed E-state index contributed by atoms with van der Waals surface area (Å²) >= 11 is 0. The van der Waals surface area contributed by atoms with Gasteiger partial charge < -0.3 is 4.90 Å². The van der Waals surface area contributed by atoms with E-state index < -0.39 is 0 Å². The molecule has 1 aromatic rings. The van der Waals surface area contributed by atoms with Crippen LogP contribution in [0.3, 0.4) is 0 Å². The largest absolute Gasteiger partial charge is 0.368 e. The van der Waals surface area contributed by atoms with E-state index in [9.17, 15) is 9.18 Å². The fourth-order valence-electron chi connectivity index (χ4n) is 2.89. The summed E-state index contributed by atoms with van der Waals surface area (Å²) in [5.41, 5.74) is 1.39. The first-order valence-corrected chi connectivity index (χ1v) is 7.10. The van der Waals surface area contributed by atoms with Crippen molar-refractivity contribution in [2.45, 2.75) is 46.1 Å². The van der Waals surface area contributed by atoms with Gasteiger partial charge in [0.1, 0.15) is 5.82 Å². The molecule has 1 fully saturated rings. The fraction of sp³-hybridized carbons (Fsp3) is 0.562. The zero-order valence-corrected chi connectivity index (χ0v) is 11.9. The summed E-state index contributed by atoms with van der Waals surface area (Å²) in [4.78, 5) is 14.0. The summed E-state index contributed by atoms with van der Waals surface area (Å²) in [5.74, 6) is 0.257. The molecular weight excluding hydrogens is 241 g/mol. The van der Waals surface area contributed by atoms with Gasteiger partial charge in [-0.2, -0.15) is 0 Å². The maximum Gasteiger partial charge on any atom is 0.161 e. The Hall–Kier alpha value is -1.38. The molecule has 0 spiro atoms. The number of halogens is 1. The minimum atomic E-state index is -0.342. The molecule has 1 heterocycles. The van der Waals surface area contributed by atoms with Crippen LogP contribution in [-0.4, -0.2) is 18.4 Å². The Morgan fingerprint density at radius 2 is 2.16 bits per heavy atom. The van der Waals surface area contributed by atoms with E-state index in [1.165, 1.54) is 25.5 Å². The molecule has 0 saturated carbocycles. The Balaban J connectivity index is 2.36. The van der Waals surface area contributed by atoms with Crippen molar-refractivity contribution in [2.75, 3.05) is 11.4 Å². The lowest BCUT2D eigenvalue weighted by Crippen LogP contribution is -2.42. The summed E-state index contributed by atoms with van der Waals surface area (Å²) in [6.07, 6.45) is 3.53. The van der Waals surface area contributed by atoms with E-state index in [4.69, 9.17) is 0 Å². The van der Waals surface area contributed by atoms with Crippen LogP contribution >= 0.6 is 0 Å². The van der Waals surface area contributed by atoms with Gasteiger partial charge in [-0.25, -0.2) is 4.39 Å². The second-order valence-corrected chi connectivity index (χ2v) is 5.57. The maximum absolute atomic E-state index is 13.3. The van der Waals surface area contributed by atoms with Crippen molar-refractivity contribution >= 4 is 11.5 Å². The second kappa shape index (κ2) is 5.72. The van der Waals surface area contributed by atoms with E-state index in [2.05, 4.69) is 18.7 Å². The Labute approximate surface area is 114 Å². The number of hydrogen-bond acceptors (Lipinski definition) is 2. The molecule has 1 aliphatic heterocycles. The van der Waals surface area contributed by atoms with Crippen molar-refractivity contribution < 1.29 is 9.18 Å². The average Bonchev–Trinajstić information content (AvgIpc) is 2.39. The van der Waals surface area contributed by atoms with Crippen LogP contribution in [0.2, 0.25) is 0 Å². The third-order valence-corrected chi connectivity index (χ3v) is 4.20. The third-order valence-electron chi connectivity index (χ3n) is 4.20. The topological polar surface area (TPSA) is 20.3 Å². The van der Waals surface area contributed by atoms with Gasteiger partial charge >= 0.3 is 0 Å². The van der Waals surface area contributed by atoms with Crippen LogP contribution in [0.25, 0.3) is 0 Å². The summed E-state index contributed by atoms with van der Waals surface area (Å²) in [6.45, 7) is 6.85. The van der Waals surface area contributed by atoms with E-state index in [-0.39, 0.29) is 11.6 Å². The Kier molecular flexibility index (Phi) is 4.23.